The van der Waals surface area contributed by atoms with Gasteiger partial charge in [0.2, 0.25) is 5.91 Å². The van der Waals surface area contributed by atoms with Crippen molar-refractivity contribution in [1.29, 1.82) is 0 Å². The Morgan fingerprint density at radius 1 is 1.10 bits per heavy atom. The Labute approximate surface area is 182 Å². The molecule has 1 heterocycles. The van der Waals surface area contributed by atoms with E-state index in [1.54, 1.807) is 23.1 Å². The third-order valence-corrected chi connectivity index (χ3v) is 5.39. The Bertz CT molecular complexity index is 903. The third-order valence-electron chi connectivity index (χ3n) is 5.04. The van der Waals surface area contributed by atoms with Gasteiger partial charge in [-0.3, -0.25) is 9.59 Å². The number of carbonyl (C=O) groups is 2. The highest BCUT2D eigenvalue weighted by Gasteiger charge is 2.31. The molecule has 0 saturated carbocycles. The van der Waals surface area contributed by atoms with E-state index in [2.05, 4.69) is 5.32 Å². The van der Waals surface area contributed by atoms with Crippen LogP contribution in [-0.2, 0) is 4.79 Å². The van der Waals surface area contributed by atoms with E-state index in [-0.39, 0.29) is 24.4 Å². The van der Waals surface area contributed by atoms with Crippen molar-refractivity contribution < 1.29 is 19.1 Å². The van der Waals surface area contributed by atoms with Crippen molar-refractivity contribution in [3.8, 4) is 11.5 Å². The van der Waals surface area contributed by atoms with Crippen LogP contribution in [0.3, 0.4) is 0 Å². The highest BCUT2D eigenvalue weighted by Crippen LogP contribution is 2.35. The molecule has 0 spiro atoms. The van der Waals surface area contributed by atoms with Crippen LogP contribution in [-0.4, -0.2) is 43.0 Å². The zero-order valence-electron chi connectivity index (χ0n) is 17.3. The number of hydrogen-bond acceptors (Lipinski definition) is 4. The number of ether oxygens (including phenoxy) is 2. The zero-order valence-corrected chi connectivity index (χ0v) is 18.1. The number of carbonyl (C=O) groups excluding carboxylic acids is 2. The highest BCUT2D eigenvalue weighted by molar-refractivity contribution is 6.31. The molecule has 30 heavy (non-hydrogen) atoms. The summed E-state index contributed by atoms with van der Waals surface area (Å²) < 4.78 is 11.1. The lowest BCUT2D eigenvalue weighted by molar-refractivity contribution is -0.131. The molecule has 1 unspecified atom stereocenters. The van der Waals surface area contributed by atoms with Crippen molar-refractivity contribution in [3.05, 3.63) is 58.6 Å². The fourth-order valence-corrected chi connectivity index (χ4v) is 3.95. The van der Waals surface area contributed by atoms with Crippen LogP contribution in [0.4, 0.5) is 0 Å². The molecule has 0 bridgehead atoms. The number of nitrogens with one attached hydrogen (secondary N) is 1. The molecule has 7 heteroatoms. The zero-order chi connectivity index (χ0) is 21.5. The summed E-state index contributed by atoms with van der Waals surface area (Å²) in [4.78, 5) is 27.2. The van der Waals surface area contributed by atoms with Gasteiger partial charge in [0.1, 0.15) is 0 Å². The van der Waals surface area contributed by atoms with Crippen molar-refractivity contribution in [2.75, 3.05) is 26.3 Å². The van der Waals surface area contributed by atoms with Gasteiger partial charge in [0.15, 0.2) is 11.5 Å². The summed E-state index contributed by atoms with van der Waals surface area (Å²) in [6.07, 6.45) is 1.77. The number of benzene rings is 2. The Kier molecular flexibility index (Phi) is 7.57. The van der Waals surface area contributed by atoms with Crippen molar-refractivity contribution in [2.24, 2.45) is 0 Å². The summed E-state index contributed by atoms with van der Waals surface area (Å²) in [6.45, 7) is 5.30. The van der Waals surface area contributed by atoms with Gasteiger partial charge in [-0.15, -0.1) is 0 Å². The average Bonchev–Trinajstić information content (AvgIpc) is 3.23. The fraction of sp³-hybridized carbons (Fsp3) is 0.391. The lowest BCUT2D eigenvalue weighted by Gasteiger charge is -2.26. The van der Waals surface area contributed by atoms with E-state index in [0.29, 0.717) is 41.8 Å². The standard InChI is InChI=1S/C23H27ClN2O4/c1-3-29-20-12-11-16(14-21(20)30-4-2)23(28)25-15-22(27)26-13-7-10-19(26)17-8-5-6-9-18(17)24/h5-6,8-9,11-12,14,19H,3-4,7,10,13,15H2,1-2H3,(H,25,28). The van der Waals surface area contributed by atoms with Crippen molar-refractivity contribution in [3.63, 3.8) is 0 Å². The summed E-state index contributed by atoms with van der Waals surface area (Å²) in [6, 6.07) is 12.5. The molecule has 1 saturated heterocycles. The molecule has 1 aliphatic heterocycles. The van der Waals surface area contributed by atoms with Crippen LogP contribution in [0.1, 0.15) is 48.7 Å². The highest BCUT2D eigenvalue weighted by atomic mass is 35.5. The van der Waals surface area contributed by atoms with Crippen molar-refractivity contribution in [2.45, 2.75) is 32.7 Å². The van der Waals surface area contributed by atoms with E-state index >= 15 is 0 Å². The molecule has 6 nitrogen and oxygen atoms in total. The number of amides is 2. The topological polar surface area (TPSA) is 67.9 Å². The van der Waals surface area contributed by atoms with E-state index in [9.17, 15) is 9.59 Å². The quantitative estimate of drug-likeness (QED) is 0.680. The van der Waals surface area contributed by atoms with E-state index < -0.39 is 0 Å². The van der Waals surface area contributed by atoms with Crippen LogP contribution in [0.15, 0.2) is 42.5 Å². The van der Waals surface area contributed by atoms with Crippen LogP contribution in [0.2, 0.25) is 5.02 Å². The maximum atomic E-state index is 12.8. The van der Waals surface area contributed by atoms with Crippen molar-refractivity contribution >= 4 is 23.4 Å². The lowest BCUT2D eigenvalue weighted by atomic mass is 10.0. The minimum absolute atomic E-state index is 0.0573. The van der Waals surface area contributed by atoms with Crippen LogP contribution in [0.25, 0.3) is 0 Å². The number of rotatable bonds is 8. The van der Waals surface area contributed by atoms with Crippen LogP contribution in [0.5, 0.6) is 11.5 Å². The second-order valence-electron chi connectivity index (χ2n) is 6.98. The molecule has 1 aliphatic rings. The summed E-state index contributed by atoms with van der Waals surface area (Å²) in [7, 11) is 0. The monoisotopic (exact) mass is 430 g/mol. The second-order valence-corrected chi connectivity index (χ2v) is 7.38. The van der Waals surface area contributed by atoms with E-state index in [4.69, 9.17) is 21.1 Å². The Hall–Kier alpha value is -2.73. The minimum atomic E-state index is -0.333. The lowest BCUT2D eigenvalue weighted by Crippen LogP contribution is -2.39. The SMILES string of the molecule is CCOc1ccc(C(=O)NCC(=O)N2CCCC2c2ccccc2Cl)cc1OCC. The summed E-state index contributed by atoms with van der Waals surface area (Å²) >= 11 is 6.33. The third kappa shape index (κ3) is 5.05. The molecule has 1 N–H and O–H groups in total. The molecule has 1 atom stereocenters. The molecule has 0 radical (unpaired) electrons. The Morgan fingerprint density at radius 2 is 1.83 bits per heavy atom. The van der Waals surface area contributed by atoms with E-state index in [1.165, 1.54) is 0 Å². The average molecular weight is 431 g/mol. The summed E-state index contributed by atoms with van der Waals surface area (Å²) in [5.41, 5.74) is 1.36. The molecule has 2 aromatic rings. The summed E-state index contributed by atoms with van der Waals surface area (Å²) in [5, 5.41) is 3.38. The first-order valence-corrected chi connectivity index (χ1v) is 10.6. The van der Waals surface area contributed by atoms with Gasteiger partial charge in [0, 0.05) is 17.1 Å². The van der Waals surface area contributed by atoms with Crippen LogP contribution in [0, 0.1) is 0 Å². The van der Waals surface area contributed by atoms with Gasteiger partial charge in [-0.05, 0) is 56.5 Å². The number of likely N-dealkylation sites (tertiary alicyclic amines) is 1. The van der Waals surface area contributed by atoms with E-state index in [1.807, 2.05) is 38.1 Å². The van der Waals surface area contributed by atoms with Crippen molar-refractivity contribution in [1.82, 2.24) is 10.2 Å². The predicted molar refractivity (Wildman–Crippen MR) is 116 cm³/mol. The van der Waals surface area contributed by atoms with Gasteiger partial charge < -0.3 is 19.7 Å². The Balaban J connectivity index is 1.65. The fourth-order valence-electron chi connectivity index (χ4n) is 3.69. The van der Waals surface area contributed by atoms with Gasteiger partial charge in [-0.25, -0.2) is 0 Å². The predicted octanol–water partition coefficient (Wildman–Crippen LogP) is 4.23. The molecular weight excluding hydrogens is 404 g/mol. The number of nitrogens with zero attached hydrogens (tertiary/aromatic N) is 1. The van der Waals surface area contributed by atoms with Gasteiger partial charge in [0.05, 0.1) is 25.8 Å². The first-order valence-electron chi connectivity index (χ1n) is 10.3. The maximum absolute atomic E-state index is 12.8. The molecule has 3 rings (SSSR count). The van der Waals surface area contributed by atoms with Crippen LogP contribution >= 0.6 is 11.6 Å². The number of halogens is 1. The molecular formula is C23H27ClN2O4. The first-order chi connectivity index (χ1) is 14.5. The molecule has 2 aromatic carbocycles. The van der Waals surface area contributed by atoms with E-state index in [0.717, 1.165) is 18.4 Å². The molecule has 0 aliphatic carbocycles. The smallest absolute Gasteiger partial charge is 0.251 e. The number of hydrogen-bond donors (Lipinski definition) is 1. The first kappa shape index (κ1) is 22.0. The molecule has 2 amide bonds. The maximum Gasteiger partial charge on any atom is 0.251 e. The van der Waals surface area contributed by atoms with Gasteiger partial charge in [-0.2, -0.15) is 0 Å². The summed E-state index contributed by atoms with van der Waals surface area (Å²) in [5.74, 6) is 0.644. The molecule has 0 aromatic heterocycles. The molecule has 160 valence electrons. The van der Waals surface area contributed by atoms with Crippen LogP contribution < -0.4 is 14.8 Å². The van der Waals surface area contributed by atoms with Gasteiger partial charge in [0.25, 0.3) is 5.91 Å². The minimum Gasteiger partial charge on any atom is -0.490 e. The second kappa shape index (κ2) is 10.3. The van der Waals surface area contributed by atoms with Gasteiger partial charge in [-0.1, -0.05) is 29.8 Å². The van der Waals surface area contributed by atoms with Gasteiger partial charge >= 0.3 is 0 Å². The largest absolute Gasteiger partial charge is 0.490 e. The normalized spacial score (nSPS) is 15.7. The molecule has 1 fully saturated rings. The Morgan fingerprint density at radius 3 is 2.57 bits per heavy atom.